The van der Waals surface area contributed by atoms with Gasteiger partial charge in [0.05, 0.1) is 6.04 Å². The third-order valence-electron chi connectivity index (χ3n) is 4.64. The summed E-state index contributed by atoms with van der Waals surface area (Å²) in [6.07, 6.45) is 2.33. The van der Waals surface area contributed by atoms with Gasteiger partial charge in [0, 0.05) is 25.9 Å². The number of hydrogen-bond acceptors (Lipinski definition) is 5. The normalized spacial score (nSPS) is 22.9. The molecule has 2 unspecified atom stereocenters. The number of hydrogen-bond donors (Lipinski definition) is 5. The Balaban J connectivity index is 2.10. The predicted octanol–water partition coefficient (Wildman–Crippen LogP) is 0.437. The van der Waals surface area contributed by atoms with Crippen molar-refractivity contribution >= 4 is 17.7 Å². The quantitative estimate of drug-likeness (QED) is 0.522. The first-order valence-electron chi connectivity index (χ1n) is 9.29. The molecule has 1 saturated heterocycles. The minimum atomic E-state index is -0.680. The Morgan fingerprint density at radius 3 is 2.48 bits per heavy atom. The van der Waals surface area contributed by atoms with Crippen molar-refractivity contribution in [3.63, 3.8) is 0 Å². The zero-order chi connectivity index (χ0) is 19.6. The number of carbonyl (C=O) groups is 3. The molecule has 0 spiro atoms. The molecular weight excluding hydrogens is 348 g/mol. The highest BCUT2D eigenvalue weighted by Crippen LogP contribution is 2.16. The van der Waals surface area contributed by atoms with Gasteiger partial charge in [0.25, 0.3) is 0 Å². The summed E-state index contributed by atoms with van der Waals surface area (Å²) < 4.78 is 0. The molecule has 0 bridgehead atoms. The fourth-order valence-electron chi connectivity index (χ4n) is 3.07. The van der Waals surface area contributed by atoms with Crippen molar-refractivity contribution in [3.8, 4) is 5.75 Å². The Labute approximate surface area is 158 Å². The van der Waals surface area contributed by atoms with Crippen LogP contribution in [0, 0.1) is 5.92 Å². The molecule has 27 heavy (non-hydrogen) atoms. The first kappa shape index (κ1) is 20.7. The van der Waals surface area contributed by atoms with Crippen LogP contribution in [0.2, 0.25) is 0 Å². The van der Waals surface area contributed by atoms with Crippen LogP contribution in [0.3, 0.4) is 0 Å². The average molecular weight is 376 g/mol. The van der Waals surface area contributed by atoms with Crippen molar-refractivity contribution in [3.05, 3.63) is 29.8 Å². The van der Waals surface area contributed by atoms with E-state index in [0.29, 0.717) is 38.8 Å². The number of phenolic OH excluding ortho intramolecular Hbond substituents is 1. The summed E-state index contributed by atoms with van der Waals surface area (Å²) in [7, 11) is 0. The van der Waals surface area contributed by atoms with E-state index in [-0.39, 0.29) is 36.3 Å². The van der Waals surface area contributed by atoms with Crippen LogP contribution in [-0.2, 0) is 16.0 Å². The highest BCUT2D eigenvalue weighted by Gasteiger charge is 2.24. The molecule has 1 aromatic carbocycles. The molecule has 2 rings (SSSR count). The fraction of sp³-hybridized carbons (Fsp3) is 0.526. The zero-order valence-electron chi connectivity index (χ0n) is 15.4. The van der Waals surface area contributed by atoms with Crippen molar-refractivity contribution in [1.82, 2.24) is 16.0 Å². The summed E-state index contributed by atoms with van der Waals surface area (Å²) >= 11 is 0. The van der Waals surface area contributed by atoms with E-state index < -0.39 is 12.1 Å². The largest absolute Gasteiger partial charge is 0.508 e. The minimum absolute atomic E-state index is 0.0274. The fourth-order valence-corrected chi connectivity index (χ4v) is 3.07. The molecule has 148 valence electrons. The Morgan fingerprint density at radius 1 is 1.07 bits per heavy atom. The molecule has 8 nitrogen and oxygen atoms in total. The summed E-state index contributed by atoms with van der Waals surface area (Å²) in [5, 5.41) is 17.5. The lowest BCUT2D eigenvalue weighted by Crippen LogP contribution is -2.49. The zero-order valence-corrected chi connectivity index (χ0v) is 15.4. The molecule has 8 heteroatoms. The molecule has 1 aromatic rings. The number of aromatic hydroxyl groups is 1. The van der Waals surface area contributed by atoms with Crippen molar-refractivity contribution in [2.24, 2.45) is 11.7 Å². The standard InChI is InChI=1S/C19H28N4O4/c20-12-14-2-1-3-18(26)21-8-9-22-19(27)23-16(17(25)11-14)10-13-4-6-15(24)7-5-13/h4-7,14,16,24H,1-3,8-12,20H2,(H,21,26)(H2,22,23,27). The monoisotopic (exact) mass is 376 g/mol. The molecule has 1 aliphatic heterocycles. The molecule has 3 amide bonds. The lowest BCUT2D eigenvalue weighted by molar-refractivity contribution is -0.121. The van der Waals surface area contributed by atoms with E-state index in [4.69, 9.17) is 5.73 Å². The van der Waals surface area contributed by atoms with Gasteiger partial charge in [-0.15, -0.1) is 0 Å². The second kappa shape index (κ2) is 10.5. The SMILES string of the molecule is NCC1CCCC(=O)NCCNC(=O)NC(Cc2ccc(O)cc2)C(=O)C1. The number of ketones is 1. The van der Waals surface area contributed by atoms with E-state index in [0.717, 1.165) is 5.56 Å². The number of benzene rings is 1. The molecule has 0 aliphatic carbocycles. The molecule has 0 saturated carbocycles. The topological polar surface area (TPSA) is 134 Å². The maximum atomic E-state index is 12.8. The second-order valence-corrected chi connectivity index (χ2v) is 6.84. The summed E-state index contributed by atoms with van der Waals surface area (Å²) in [6.45, 7) is 0.970. The van der Waals surface area contributed by atoms with Crippen molar-refractivity contribution in [1.29, 1.82) is 0 Å². The van der Waals surface area contributed by atoms with Gasteiger partial charge in [-0.2, -0.15) is 0 Å². The average Bonchev–Trinajstić information content (AvgIpc) is 2.65. The smallest absolute Gasteiger partial charge is 0.315 e. The van der Waals surface area contributed by atoms with Crippen LogP contribution >= 0.6 is 0 Å². The number of rotatable bonds is 3. The van der Waals surface area contributed by atoms with E-state index in [9.17, 15) is 19.5 Å². The Bertz CT molecular complexity index is 648. The lowest BCUT2D eigenvalue weighted by atomic mass is 9.91. The van der Waals surface area contributed by atoms with E-state index >= 15 is 0 Å². The third kappa shape index (κ3) is 7.26. The second-order valence-electron chi connectivity index (χ2n) is 6.84. The van der Waals surface area contributed by atoms with Crippen molar-refractivity contribution in [2.45, 2.75) is 38.1 Å². The van der Waals surface area contributed by atoms with Gasteiger partial charge in [-0.1, -0.05) is 12.1 Å². The van der Waals surface area contributed by atoms with Gasteiger partial charge in [0.15, 0.2) is 5.78 Å². The van der Waals surface area contributed by atoms with Crippen LogP contribution in [0.5, 0.6) is 5.75 Å². The van der Waals surface area contributed by atoms with E-state index in [1.807, 2.05) is 0 Å². The van der Waals surface area contributed by atoms with E-state index in [1.165, 1.54) is 0 Å². The van der Waals surface area contributed by atoms with Gasteiger partial charge in [0.1, 0.15) is 5.75 Å². The number of carbonyl (C=O) groups excluding carboxylic acids is 3. The summed E-state index contributed by atoms with van der Waals surface area (Å²) in [4.78, 5) is 36.7. The molecule has 2 atom stereocenters. The Morgan fingerprint density at radius 2 is 1.78 bits per heavy atom. The maximum absolute atomic E-state index is 12.8. The molecule has 0 radical (unpaired) electrons. The number of phenols is 1. The lowest BCUT2D eigenvalue weighted by Gasteiger charge is -2.22. The minimum Gasteiger partial charge on any atom is -0.508 e. The van der Waals surface area contributed by atoms with Gasteiger partial charge in [0.2, 0.25) is 5.91 Å². The van der Waals surface area contributed by atoms with Gasteiger partial charge < -0.3 is 26.8 Å². The van der Waals surface area contributed by atoms with Crippen LogP contribution < -0.4 is 21.7 Å². The van der Waals surface area contributed by atoms with Gasteiger partial charge in [-0.05, 0) is 49.4 Å². The Hall–Kier alpha value is -2.61. The number of nitrogens with two attached hydrogens (primary N) is 1. The van der Waals surface area contributed by atoms with Crippen LogP contribution in [0.15, 0.2) is 24.3 Å². The number of urea groups is 1. The molecule has 1 aliphatic rings. The number of amides is 3. The van der Waals surface area contributed by atoms with Crippen molar-refractivity contribution in [2.75, 3.05) is 19.6 Å². The summed E-state index contributed by atoms with van der Waals surface area (Å²) in [6, 6.07) is 5.42. The Kier molecular flexibility index (Phi) is 8.06. The first-order valence-corrected chi connectivity index (χ1v) is 9.29. The molecule has 6 N–H and O–H groups in total. The highest BCUT2D eigenvalue weighted by molar-refractivity contribution is 5.89. The van der Waals surface area contributed by atoms with Crippen LogP contribution in [0.1, 0.15) is 31.2 Å². The molecule has 1 heterocycles. The van der Waals surface area contributed by atoms with E-state index in [1.54, 1.807) is 24.3 Å². The third-order valence-corrected chi connectivity index (χ3v) is 4.64. The molecule has 1 fully saturated rings. The summed E-state index contributed by atoms with van der Waals surface area (Å²) in [5.74, 6) is -0.0378. The van der Waals surface area contributed by atoms with Crippen LogP contribution in [-0.4, -0.2) is 48.5 Å². The predicted molar refractivity (Wildman–Crippen MR) is 101 cm³/mol. The number of Topliss-reactive ketones (excluding diaryl/α,β-unsaturated/α-hetero) is 1. The summed E-state index contributed by atoms with van der Waals surface area (Å²) in [5.41, 5.74) is 6.64. The van der Waals surface area contributed by atoms with E-state index in [2.05, 4.69) is 16.0 Å². The molecule has 0 aromatic heterocycles. The highest BCUT2D eigenvalue weighted by atomic mass is 16.3. The number of nitrogens with one attached hydrogen (secondary N) is 3. The van der Waals surface area contributed by atoms with Crippen LogP contribution in [0.4, 0.5) is 4.79 Å². The van der Waals surface area contributed by atoms with Crippen molar-refractivity contribution < 1.29 is 19.5 Å². The van der Waals surface area contributed by atoms with Gasteiger partial charge in [-0.3, -0.25) is 9.59 Å². The molecular formula is C19H28N4O4. The van der Waals surface area contributed by atoms with Crippen LogP contribution in [0.25, 0.3) is 0 Å². The van der Waals surface area contributed by atoms with Gasteiger partial charge >= 0.3 is 6.03 Å². The first-order chi connectivity index (χ1) is 13.0. The van der Waals surface area contributed by atoms with Gasteiger partial charge in [-0.25, -0.2) is 4.79 Å². The maximum Gasteiger partial charge on any atom is 0.315 e.